The third-order valence-corrected chi connectivity index (χ3v) is 6.57. The second kappa shape index (κ2) is 7.48. The lowest BCUT2D eigenvalue weighted by Crippen LogP contribution is -2.29. The number of aromatic amines is 1. The maximum absolute atomic E-state index is 13.1. The van der Waals surface area contributed by atoms with Crippen molar-refractivity contribution in [3.05, 3.63) is 45.7 Å². The summed E-state index contributed by atoms with van der Waals surface area (Å²) in [7, 11) is 3.55. The van der Waals surface area contributed by atoms with Crippen LogP contribution in [0.3, 0.4) is 0 Å². The van der Waals surface area contributed by atoms with Crippen molar-refractivity contribution >= 4 is 27.4 Å². The van der Waals surface area contributed by atoms with Crippen molar-refractivity contribution in [1.82, 2.24) is 9.97 Å². The van der Waals surface area contributed by atoms with Crippen LogP contribution >= 0.6 is 11.3 Å². The first-order valence-electron chi connectivity index (χ1n) is 9.60. The lowest BCUT2D eigenvalue weighted by atomic mass is 9.78. The van der Waals surface area contributed by atoms with Gasteiger partial charge in [-0.1, -0.05) is 6.07 Å². The number of H-pyrrole nitrogens is 1. The Kier molecular flexibility index (Phi) is 5.14. The number of rotatable bonds is 3. The average molecular weight is 421 g/mol. The number of anilines is 1. The van der Waals surface area contributed by atoms with Crippen LogP contribution in [0.5, 0.6) is 0 Å². The van der Waals surface area contributed by atoms with E-state index in [0.717, 1.165) is 15.6 Å². The standard InChI is InChI=1S/C21H22F3N3OS/c1-27(2)20-25-18(12-3-6-15(7-4-12)21(22,23)24)17(19(28)26-20)14-5-8-16-13(11-14)9-10-29-16/h5,8-12,15H,3-4,6-7H2,1-2H3,(H,25,26,28). The molecule has 1 fully saturated rings. The number of halogens is 3. The molecule has 1 aromatic carbocycles. The lowest BCUT2D eigenvalue weighted by molar-refractivity contribution is -0.182. The van der Waals surface area contributed by atoms with Crippen LogP contribution in [0.25, 0.3) is 21.2 Å². The molecule has 0 radical (unpaired) electrons. The van der Waals surface area contributed by atoms with Gasteiger partial charge in [-0.05, 0) is 60.2 Å². The molecule has 29 heavy (non-hydrogen) atoms. The topological polar surface area (TPSA) is 49.0 Å². The Labute approximate surface area is 170 Å². The van der Waals surface area contributed by atoms with Gasteiger partial charge in [-0.25, -0.2) is 4.98 Å². The quantitative estimate of drug-likeness (QED) is 0.603. The molecule has 1 saturated carbocycles. The van der Waals surface area contributed by atoms with E-state index in [1.165, 1.54) is 0 Å². The van der Waals surface area contributed by atoms with E-state index in [0.29, 0.717) is 30.0 Å². The van der Waals surface area contributed by atoms with E-state index >= 15 is 0 Å². The molecule has 1 aliphatic carbocycles. The van der Waals surface area contributed by atoms with Crippen LogP contribution in [0.1, 0.15) is 37.3 Å². The molecule has 1 N–H and O–H groups in total. The number of benzene rings is 1. The molecule has 0 saturated heterocycles. The number of alkyl halides is 3. The molecule has 2 heterocycles. The predicted octanol–water partition coefficient (Wildman–Crippen LogP) is 5.55. The van der Waals surface area contributed by atoms with Gasteiger partial charge in [0.05, 0.1) is 17.2 Å². The van der Waals surface area contributed by atoms with E-state index in [1.54, 1.807) is 30.3 Å². The number of nitrogens with zero attached hydrogens (tertiary/aromatic N) is 2. The van der Waals surface area contributed by atoms with Crippen LogP contribution in [0.2, 0.25) is 0 Å². The Morgan fingerprint density at radius 2 is 1.86 bits per heavy atom. The molecule has 4 rings (SSSR count). The molecule has 4 nitrogen and oxygen atoms in total. The molecule has 8 heteroatoms. The molecule has 0 unspecified atom stereocenters. The summed E-state index contributed by atoms with van der Waals surface area (Å²) in [5.41, 5.74) is 1.57. The van der Waals surface area contributed by atoms with Crippen molar-refractivity contribution in [1.29, 1.82) is 0 Å². The highest BCUT2D eigenvalue weighted by Gasteiger charge is 2.42. The predicted molar refractivity (Wildman–Crippen MR) is 111 cm³/mol. The highest BCUT2D eigenvalue weighted by molar-refractivity contribution is 7.17. The molecule has 0 spiro atoms. The summed E-state index contributed by atoms with van der Waals surface area (Å²) in [5, 5.41) is 3.03. The molecule has 1 aliphatic rings. The fourth-order valence-corrected chi connectivity index (χ4v) is 4.85. The van der Waals surface area contributed by atoms with Gasteiger partial charge in [0.15, 0.2) is 0 Å². The number of nitrogens with one attached hydrogen (secondary N) is 1. The first-order chi connectivity index (χ1) is 13.7. The Morgan fingerprint density at radius 1 is 1.14 bits per heavy atom. The lowest BCUT2D eigenvalue weighted by Gasteiger charge is -2.30. The summed E-state index contributed by atoms with van der Waals surface area (Å²) in [6, 6.07) is 7.82. The summed E-state index contributed by atoms with van der Waals surface area (Å²) in [4.78, 5) is 22.2. The van der Waals surface area contributed by atoms with E-state index in [2.05, 4.69) is 9.97 Å². The number of hydrogen-bond donors (Lipinski definition) is 1. The van der Waals surface area contributed by atoms with Crippen molar-refractivity contribution < 1.29 is 13.2 Å². The van der Waals surface area contributed by atoms with Gasteiger partial charge in [-0.2, -0.15) is 13.2 Å². The fraction of sp³-hybridized carbons (Fsp3) is 0.429. The normalized spacial score (nSPS) is 20.2. The van der Waals surface area contributed by atoms with Gasteiger partial charge in [-0.15, -0.1) is 11.3 Å². The fourth-order valence-electron chi connectivity index (χ4n) is 4.08. The Morgan fingerprint density at radius 3 is 2.52 bits per heavy atom. The Hall–Kier alpha value is -2.35. The van der Waals surface area contributed by atoms with Crippen LogP contribution in [0.15, 0.2) is 34.4 Å². The van der Waals surface area contributed by atoms with E-state index in [9.17, 15) is 18.0 Å². The smallest absolute Gasteiger partial charge is 0.348 e. The molecule has 0 aliphatic heterocycles. The third-order valence-electron chi connectivity index (χ3n) is 5.68. The molecule has 0 atom stereocenters. The second-order valence-corrected chi connectivity index (χ2v) is 8.76. The van der Waals surface area contributed by atoms with Crippen molar-refractivity contribution in [3.8, 4) is 11.1 Å². The minimum atomic E-state index is -4.16. The van der Waals surface area contributed by atoms with E-state index < -0.39 is 12.1 Å². The monoisotopic (exact) mass is 421 g/mol. The minimum Gasteiger partial charge on any atom is -0.348 e. The largest absolute Gasteiger partial charge is 0.391 e. The van der Waals surface area contributed by atoms with Gasteiger partial charge in [0.1, 0.15) is 0 Å². The highest BCUT2D eigenvalue weighted by atomic mass is 32.1. The van der Waals surface area contributed by atoms with Crippen molar-refractivity contribution in [2.45, 2.75) is 37.8 Å². The number of thiophene rings is 1. The first-order valence-corrected chi connectivity index (χ1v) is 10.5. The highest BCUT2D eigenvalue weighted by Crippen LogP contribution is 2.44. The number of aromatic nitrogens is 2. The zero-order chi connectivity index (χ0) is 20.8. The zero-order valence-electron chi connectivity index (χ0n) is 16.2. The number of hydrogen-bond acceptors (Lipinski definition) is 4. The molecule has 2 aromatic heterocycles. The van der Waals surface area contributed by atoms with Crippen LogP contribution < -0.4 is 10.5 Å². The van der Waals surface area contributed by atoms with Crippen molar-refractivity contribution in [2.24, 2.45) is 5.92 Å². The van der Waals surface area contributed by atoms with Crippen molar-refractivity contribution in [3.63, 3.8) is 0 Å². The van der Waals surface area contributed by atoms with Gasteiger partial charge in [0, 0.05) is 24.7 Å². The SMILES string of the molecule is CN(C)c1nc(C2CCC(C(F)(F)F)CC2)c(-c2ccc3sccc3c2)c(=O)[nH]1. The van der Waals surface area contributed by atoms with E-state index in [-0.39, 0.29) is 24.3 Å². The molecule has 3 aromatic rings. The van der Waals surface area contributed by atoms with Crippen LogP contribution in [0, 0.1) is 5.92 Å². The van der Waals surface area contributed by atoms with Gasteiger partial charge in [0.2, 0.25) is 5.95 Å². The summed E-state index contributed by atoms with van der Waals surface area (Å²) in [6.45, 7) is 0. The average Bonchev–Trinajstić information content (AvgIpc) is 3.14. The van der Waals surface area contributed by atoms with Gasteiger partial charge < -0.3 is 4.90 Å². The van der Waals surface area contributed by atoms with E-state index in [1.807, 2.05) is 29.6 Å². The number of fused-ring (bicyclic) bond motifs is 1. The van der Waals surface area contributed by atoms with Crippen LogP contribution in [-0.2, 0) is 0 Å². The summed E-state index contributed by atoms with van der Waals surface area (Å²) in [6.07, 6.45) is -3.26. The Balaban J connectivity index is 1.78. The van der Waals surface area contributed by atoms with Gasteiger partial charge in [-0.3, -0.25) is 9.78 Å². The third kappa shape index (κ3) is 3.90. The summed E-state index contributed by atoms with van der Waals surface area (Å²) < 4.78 is 40.4. The second-order valence-electron chi connectivity index (χ2n) is 7.81. The van der Waals surface area contributed by atoms with Crippen molar-refractivity contribution in [2.75, 3.05) is 19.0 Å². The molecule has 154 valence electrons. The maximum Gasteiger partial charge on any atom is 0.391 e. The van der Waals surface area contributed by atoms with Gasteiger partial charge in [0.25, 0.3) is 5.56 Å². The molecule has 0 bridgehead atoms. The van der Waals surface area contributed by atoms with E-state index in [4.69, 9.17) is 0 Å². The minimum absolute atomic E-state index is 0.0724. The van der Waals surface area contributed by atoms with Crippen LogP contribution in [-0.4, -0.2) is 30.2 Å². The zero-order valence-corrected chi connectivity index (χ0v) is 17.0. The Bertz CT molecular complexity index is 1080. The van der Waals surface area contributed by atoms with Crippen LogP contribution in [0.4, 0.5) is 19.1 Å². The summed E-state index contributed by atoms with van der Waals surface area (Å²) >= 11 is 1.62. The molecule has 0 amide bonds. The summed E-state index contributed by atoms with van der Waals surface area (Å²) in [5.74, 6) is -1.01. The molecular weight excluding hydrogens is 399 g/mol. The molecular formula is C21H22F3N3OS. The first kappa shape index (κ1) is 19.9. The van der Waals surface area contributed by atoms with Gasteiger partial charge >= 0.3 is 6.18 Å². The maximum atomic E-state index is 13.1.